The molecule has 2 rings (SSSR count). The Bertz CT molecular complexity index is 385. The molecule has 18 heavy (non-hydrogen) atoms. The van der Waals surface area contributed by atoms with Gasteiger partial charge in [0.15, 0.2) is 0 Å². The summed E-state index contributed by atoms with van der Waals surface area (Å²) in [4.78, 5) is 0. The number of ether oxygens (including phenoxy) is 1. The Labute approximate surface area is 111 Å². The third-order valence-electron chi connectivity index (χ3n) is 4.10. The SMILES string of the molecule is CCC1CC1(CN)c1ccc(OCC(C)C)cc1. The van der Waals surface area contributed by atoms with Gasteiger partial charge in [-0.3, -0.25) is 0 Å². The highest BCUT2D eigenvalue weighted by Gasteiger charge is 2.52. The van der Waals surface area contributed by atoms with Crippen LogP contribution in [0.5, 0.6) is 5.75 Å². The van der Waals surface area contributed by atoms with E-state index in [0.29, 0.717) is 5.92 Å². The molecule has 1 aliphatic rings. The van der Waals surface area contributed by atoms with E-state index in [1.54, 1.807) is 0 Å². The van der Waals surface area contributed by atoms with Crippen molar-refractivity contribution in [1.82, 2.24) is 0 Å². The maximum Gasteiger partial charge on any atom is 0.119 e. The van der Waals surface area contributed by atoms with Gasteiger partial charge in [-0.1, -0.05) is 39.3 Å². The highest BCUT2D eigenvalue weighted by molar-refractivity contribution is 5.38. The van der Waals surface area contributed by atoms with Gasteiger partial charge in [0.2, 0.25) is 0 Å². The Morgan fingerprint density at radius 3 is 2.44 bits per heavy atom. The fourth-order valence-corrected chi connectivity index (χ4v) is 2.78. The third kappa shape index (κ3) is 2.54. The summed E-state index contributed by atoms with van der Waals surface area (Å²) >= 11 is 0. The molecule has 0 spiro atoms. The van der Waals surface area contributed by atoms with Crippen LogP contribution in [0.25, 0.3) is 0 Å². The molecule has 1 aliphatic carbocycles. The Morgan fingerprint density at radius 1 is 1.33 bits per heavy atom. The van der Waals surface area contributed by atoms with Gasteiger partial charge in [-0.2, -0.15) is 0 Å². The molecule has 0 amide bonds. The van der Waals surface area contributed by atoms with E-state index in [9.17, 15) is 0 Å². The molecule has 0 heterocycles. The molecule has 0 aliphatic heterocycles. The van der Waals surface area contributed by atoms with Crippen molar-refractivity contribution in [3.8, 4) is 5.75 Å². The summed E-state index contributed by atoms with van der Waals surface area (Å²) in [6.07, 6.45) is 2.47. The molecular formula is C16H25NO. The maximum atomic E-state index is 5.97. The van der Waals surface area contributed by atoms with Gasteiger partial charge in [0.1, 0.15) is 5.75 Å². The van der Waals surface area contributed by atoms with Crippen molar-refractivity contribution in [3.05, 3.63) is 29.8 Å². The topological polar surface area (TPSA) is 35.2 Å². The molecule has 2 atom stereocenters. The van der Waals surface area contributed by atoms with E-state index in [1.807, 2.05) is 0 Å². The van der Waals surface area contributed by atoms with Crippen LogP contribution in [0.15, 0.2) is 24.3 Å². The molecule has 1 saturated carbocycles. The van der Waals surface area contributed by atoms with E-state index in [-0.39, 0.29) is 5.41 Å². The van der Waals surface area contributed by atoms with Gasteiger partial charge >= 0.3 is 0 Å². The van der Waals surface area contributed by atoms with Crippen molar-refractivity contribution < 1.29 is 4.74 Å². The molecule has 0 bridgehead atoms. The smallest absolute Gasteiger partial charge is 0.119 e. The van der Waals surface area contributed by atoms with Gasteiger partial charge < -0.3 is 10.5 Å². The predicted octanol–water partition coefficient (Wildman–Crippen LogP) is 3.35. The summed E-state index contributed by atoms with van der Waals surface area (Å²) in [6, 6.07) is 8.55. The summed E-state index contributed by atoms with van der Waals surface area (Å²) < 4.78 is 5.71. The molecule has 1 aromatic rings. The maximum absolute atomic E-state index is 5.97. The lowest BCUT2D eigenvalue weighted by Crippen LogP contribution is -2.22. The first-order chi connectivity index (χ1) is 8.62. The summed E-state index contributed by atoms with van der Waals surface area (Å²) in [7, 11) is 0. The van der Waals surface area contributed by atoms with Gasteiger partial charge in [-0.25, -0.2) is 0 Å². The van der Waals surface area contributed by atoms with E-state index in [0.717, 1.165) is 24.8 Å². The molecule has 0 aromatic heterocycles. The molecular weight excluding hydrogens is 222 g/mol. The summed E-state index contributed by atoms with van der Waals surface area (Å²) in [5.41, 5.74) is 7.61. The highest BCUT2D eigenvalue weighted by atomic mass is 16.5. The van der Waals surface area contributed by atoms with Crippen molar-refractivity contribution in [2.24, 2.45) is 17.6 Å². The fourth-order valence-electron chi connectivity index (χ4n) is 2.78. The van der Waals surface area contributed by atoms with Crippen molar-refractivity contribution in [2.45, 2.75) is 39.0 Å². The van der Waals surface area contributed by atoms with Crippen LogP contribution in [-0.4, -0.2) is 13.2 Å². The second kappa shape index (κ2) is 5.31. The second-order valence-corrected chi connectivity index (χ2v) is 5.90. The molecule has 0 saturated heterocycles. The largest absolute Gasteiger partial charge is 0.493 e. The normalized spacial score (nSPS) is 26.4. The van der Waals surface area contributed by atoms with E-state index >= 15 is 0 Å². The van der Waals surface area contributed by atoms with Gasteiger partial charge in [0.25, 0.3) is 0 Å². The minimum absolute atomic E-state index is 0.255. The van der Waals surface area contributed by atoms with Gasteiger partial charge in [0.05, 0.1) is 6.61 Å². The van der Waals surface area contributed by atoms with Crippen LogP contribution in [0, 0.1) is 11.8 Å². The zero-order chi connectivity index (χ0) is 13.2. The quantitative estimate of drug-likeness (QED) is 0.836. The summed E-state index contributed by atoms with van der Waals surface area (Å²) in [5, 5.41) is 0. The monoisotopic (exact) mass is 247 g/mol. The zero-order valence-electron chi connectivity index (χ0n) is 11.8. The standard InChI is InChI=1S/C16H25NO/c1-4-13-9-16(13,11-17)14-5-7-15(8-6-14)18-10-12(2)3/h5-8,12-13H,4,9-11,17H2,1-3H3. The summed E-state index contributed by atoms with van der Waals surface area (Å²) in [5.74, 6) is 2.30. The van der Waals surface area contributed by atoms with Crippen LogP contribution in [0.1, 0.15) is 39.2 Å². The minimum atomic E-state index is 0.255. The number of benzene rings is 1. The predicted molar refractivity (Wildman–Crippen MR) is 75.9 cm³/mol. The number of hydrogen-bond acceptors (Lipinski definition) is 2. The van der Waals surface area contributed by atoms with Crippen molar-refractivity contribution in [3.63, 3.8) is 0 Å². The van der Waals surface area contributed by atoms with Gasteiger partial charge in [0, 0.05) is 12.0 Å². The van der Waals surface area contributed by atoms with Crippen LogP contribution >= 0.6 is 0 Å². The van der Waals surface area contributed by atoms with Crippen LogP contribution < -0.4 is 10.5 Å². The van der Waals surface area contributed by atoms with Crippen LogP contribution in [0.2, 0.25) is 0 Å². The highest BCUT2D eigenvalue weighted by Crippen LogP contribution is 2.55. The molecule has 2 nitrogen and oxygen atoms in total. The number of nitrogens with two attached hydrogens (primary N) is 1. The average Bonchev–Trinajstić information content (AvgIpc) is 3.12. The first-order valence-electron chi connectivity index (χ1n) is 7.05. The Morgan fingerprint density at radius 2 is 2.00 bits per heavy atom. The zero-order valence-corrected chi connectivity index (χ0v) is 11.8. The molecule has 2 unspecified atom stereocenters. The molecule has 0 radical (unpaired) electrons. The van der Waals surface area contributed by atoms with E-state index in [2.05, 4.69) is 45.0 Å². The van der Waals surface area contributed by atoms with Gasteiger partial charge in [-0.05, 0) is 36.0 Å². The third-order valence-corrected chi connectivity index (χ3v) is 4.10. The van der Waals surface area contributed by atoms with Crippen LogP contribution in [-0.2, 0) is 5.41 Å². The van der Waals surface area contributed by atoms with E-state index < -0.39 is 0 Å². The molecule has 1 fully saturated rings. The van der Waals surface area contributed by atoms with Gasteiger partial charge in [-0.15, -0.1) is 0 Å². The van der Waals surface area contributed by atoms with Crippen molar-refractivity contribution in [1.29, 1.82) is 0 Å². The average molecular weight is 247 g/mol. The van der Waals surface area contributed by atoms with Crippen LogP contribution in [0.4, 0.5) is 0 Å². The lowest BCUT2D eigenvalue weighted by Gasteiger charge is -2.16. The number of hydrogen-bond donors (Lipinski definition) is 1. The molecule has 2 N–H and O–H groups in total. The van der Waals surface area contributed by atoms with E-state index in [1.165, 1.54) is 18.4 Å². The number of rotatable bonds is 6. The molecule has 100 valence electrons. The minimum Gasteiger partial charge on any atom is -0.493 e. The second-order valence-electron chi connectivity index (χ2n) is 5.90. The van der Waals surface area contributed by atoms with Crippen LogP contribution in [0.3, 0.4) is 0 Å². The Hall–Kier alpha value is -1.02. The van der Waals surface area contributed by atoms with Crippen molar-refractivity contribution in [2.75, 3.05) is 13.2 Å². The fraction of sp³-hybridized carbons (Fsp3) is 0.625. The molecule has 2 heteroatoms. The van der Waals surface area contributed by atoms with Crippen molar-refractivity contribution >= 4 is 0 Å². The Balaban J connectivity index is 2.04. The van der Waals surface area contributed by atoms with E-state index in [4.69, 9.17) is 10.5 Å². The lowest BCUT2D eigenvalue weighted by atomic mass is 9.92. The summed E-state index contributed by atoms with van der Waals surface area (Å²) in [6.45, 7) is 8.11. The lowest BCUT2D eigenvalue weighted by molar-refractivity contribution is 0.271. The Kier molecular flexibility index (Phi) is 3.96. The first-order valence-corrected chi connectivity index (χ1v) is 7.05. The molecule has 1 aromatic carbocycles. The first kappa shape index (κ1) is 13.4.